The quantitative estimate of drug-likeness (QED) is 0.133. The summed E-state index contributed by atoms with van der Waals surface area (Å²) in [6, 6.07) is 10.4. The number of H-pyrrole nitrogens is 2. The third-order valence-corrected chi connectivity index (χ3v) is 6.09. The molecule has 0 fully saturated rings. The van der Waals surface area contributed by atoms with Gasteiger partial charge in [0, 0.05) is 40.0 Å². The van der Waals surface area contributed by atoms with Crippen LogP contribution in [0.4, 0.5) is 10.5 Å². The van der Waals surface area contributed by atoms with Crippen LogP contribution in [0.25, 0.3) is 38.7 Å². The van der Waals surface area contributed by atoms with E-state index in [0.717, 1.165) is 56.5 Å². The number of hydrogen-bond donors (Lipinski definition) is 3. The summed E-state index contributed by atoms with van der Waals surface area (Å²) in [5, 5.41) is 24.7. The first-order valence-corrected chi connectivity index (χ1v) is 10.6. The fraction of sp³-hybridized carbons (Fsp3) is 0.0800. The molecule has 2 heterocycles. The topological polar surface area (TPSA) is 130 Å². The van der Waals surface area contributed by atoms with Gasteiger partial charge in [0.2, 0.25) is 0 Å². The van der Waals surface area contributed by atoms with Crippen molar-refractivity contribution >= 4 is 50.5 Å². The van der Waals surface area contributed by atoms with Gasteiger partial charge in [-0.25, -0.2) is 4.79 Å². The number of allylic oxidation sites excluding steroid dienone is 1. The number of nitro benzene ring substituents is 1. The molecule has 0 saturated heterocycles. The number of nitro groups is 1. The lowest BCUT2D eigenvalue weighted by atomic mass is 9.90. The highest BCUT2D eigenvalue weighted by Crippen LogP contribution is 2.43. The summed E-state index contributed by atoms with van der Waals surface area (Å²) in [5.74, 6) is 0.534. The SMILES string of the molecule is O=C(Oc1ccc([N+](=O)[O-])cc1)Oc1ccc2[nH]c3c4c(c5c(O)[nH]cc5c3c2c1)C=CCC4. The van der Waals surface area contributed by atoms with Crippen molar-refractivity contribution in [2.24, 2.45) is 0 Å². The molecule has 2 aromatic heterocycles. The van der Waals surface area contributed by atoms with E-state index in [2.05, 4.69) is 16.0 Å². The van der Waals surface area contributed by atoms with Crippen LogP contribution in [-0.4, -0.2) is 26.2 Å². The summed E-state index contributed by atoms with van der Waals surface area (Å²) in [5.41, 5.74) is 3.89. The number of carbonyl (C=O) groups excluding carboxylic acids is 1. The van der Waals surface area contributed by atoms with Crippen LogP contribution in [0.3, 0.4) is 0 Å². The molecule has 0 bridgehead atoms. The molecule has 0 aliphatic heterocycles. The minimum Gasteiger partial charge on any atom is -0.494 e. The predicted molar refractivity (Wildman–Crippen MR) is 126 cm³/mol. The number of carbonyl (C=O) groups is 1. The zero-order valence-electron chi connectivity index (χ0n) is 17.6. The number of aromatic nitrogens is 2. The first-order chi connectivity index (χ1) is 16.5. The first kappa shape index (κ1) is 19.9. The predicted octanol–water partition coefficient (Wildman–Crippen LogP) is 5.95. The number of fused-ring (bicyclic) bond motifs is 8. The number of hydrogen-bond acceptors (Lipinski definition) is 6. The molecular weight excluding hydrogens is 438 g/mol. The van der Waals surface area contributed by atoms with Gasteiger partial charge in [-0.05, 0) is 54.3 Å². The molecule has 0 amide bonds. The summed E-state index contributed by atoms with van der Waals surface area (Å²) in [7, 11) is 0. The second-order valence-electron chi connectivity index (χ2n) is 8.05. The fourth-order valence-corrected chi connectivity index (χ4v) is 4.63. The number of non-ortho nitro benzene ring substituents is 1. The van der Waals surface area contributed by atoms with Crippen LogP contribution in [0, 0.1) is 10.1 Å². The molecule has 9 heteroatoms. The minimum atomic E-state index is -0.958. The third kappa shape index (κ3) is 3.06. The Morgan fingerprint density at radius 3 is 2.59 bits per heavy atom. The van der Waals surface area contributed by atoms with E-state index >= 15 is 0 Å². The summed E-state index contributed by atoms with van der Waals surface area (Å²) >= 11 is 0. The van der Waals surface area contributed by atoms with Gasteiger partial charge in [0.15, 0.2) is 5.88 Å². The van der Waals surface area contributed by atoms with Crippen LogP contribution < -0.4 is 9.47 Å². The molecule has 6 rings (SSSR count). The Hall–Kier alpha value is -4.79. The van der Waals surface area contributed by atoms with E-state index in [1.54, 1.807) is 18.3 Å². The smallest absolute Gasteiger partial charge is 0.494 e. The zero-order valence-corrected chi connectivity index (χ0v) is 17.6. The molecule has 1 aliphatic rings. The number of nitrogens with zero attached hydrogens (tertiary/aromatic N) is 1. The maximum absolute atomic E-state index is 12.3. The van der Waals surface area contributed by atoms with Crippen molar-refractivity contribution < 1.29 is 24.3 Å². The summed E-state index contributed by atoms with van der Waals surface area (Å²) in [4.78, 5) is 29.0. The Kier molecular flexibility index (Phi) is 4.31. The maximum atomic E-state index is 12.3. The van der Waals surface area contributed by atoms with Crippen LogP contribution in [0.2, 0.25) is 0 Å². The zero-order chi connectivity index (χ0) is 23.4. The summed E-state index contributed by atoms with van der Waals surface area (Å²) in [6.45, 7) is 0. The van der Waals surface area contributed by atoms with Crippen molar-refractivity contribution in [3.05, 3.63) is 76.0 Å². The Morgan fingerprint density at radius 2 is 1.79 bits per heavy atom. The van der Waals surface area contributed by atoms with Gasteiger partial charge in [0.05, 0.1) is 15.8 Å². The molecule has 0 atom stereocenters. The van der Waals surface area contributed by atoms with Crippen LogP contribution in [0.1, 0.15) is 17.5 Å². The van der Waals surface area contributed by atoms with Gasteiger partial charge in [-0.15, -0.1) is 0 Å². The molecule has 0 saturated carbocycles. The van der Waals surface area contributed by atoms with Crippen molar-refractivity contribution in [2.45, 2.75) is 12.8 Å². The Bertz CT molecular complexity index is 1660. The number of aryl methyl sites for hydroxylation is 1. The molecule has 168 valence electrons. The van der Waals surface area contributed by atoms with E-state index in [1.807, 2.05) is 12.1 Å². The largest absolute Gasteiger partial charge is 0.519 e. The maximum Gasteiger partial charge on any atom is 0.519 e. The standard InChI is InChI=1S/C25H17N3O6/c29-24-22-16-3-1-2-4-17(16)23-21(19(22)12-26-24)18-11-15(9-10-20(18)27-23)34-25(30)33-14-7-5-13(6-8-14)28(31)32/h1,3,5-12,26-27,29H,2,4H2. The normalized spacial score (nSPS) is 12.8. The van der Waals surface area contributed by atoms with E-state index in [0.29, 0.717) is 0 Å². The Morgan fingerprint density at radius 1 is 1.03 bits per heavy atom. The number of benzene rings is 3. The van der Waals surface area contributed by atoms with Crippen LogP contribution >= 0.6 is 0 Å². The lowest BCUT2D eigenvalue weighted by Gasteiger charge is -2.13. The lowest BCUT2D eigenvalue weighted by molar-refractivity contribution is -0.384. The summed E-state index contributed by atoms with van der Waals surface area (Å²) in [6.07, 6.45) is 6.73. The monoisotopic (exact) mass is 455 g/mol. The van der Waals surface area contributed by atoms with Crippen molar-refractivity contribution in [3.8, 4) is 17.4 Å². The van der Waals surface area contributed by atoms with Crippen LogP contribution in [0.5, 0.6) is 17.4 Å². The second-order valence-corrected chi connectivity index (χ2v) is 8.05. The van der Waals surface area contributed by atoms with Gasteiger partial charge in [-0.1, -0.05) is 12.2 Å². The van der Waals surface area contributed by atoms with E-state index in [4.69, 9.17) is 9.47 Å². The fourth-order valence-electron chi connectivity index (χ4n) is 4.63. The molecule has 5 aromatic rings. The van der Waals surface area contributed by atoms with Crippen molar-refractivity contribution in [3.63, 3.8) is 0 Å². The van der Waals surface area contributed by atoms with Crippen molar-refractivity contribution in [1.82, 2.24) is 9.97 Å². The molecule has 0 radical (unpaired) electrons. The molecule has 1 aliphatic carbocycles. The molecule has 9 nitrogen and oxygen atoms in total. The number of ether oxygens (including phenoxy) is 2. The average molecular weight is 455 g/mol. The number of nitrogens with one attached hydrogen (secondary N) is 2. The van der Waals surface area contributed by atoms with Gasteiger partial charge in [0.1, 0.15) is 11.5 Å². The third-order valence-electron chi connectivity index (χ3n) is 6.09. The van der Waals surface area contributed by atoms with Gasteiger partial charge in [-0.2, -0.15) is 0 Å². The van der Waals surface area contributed by atoms with Gasteiger partial charge < -0.3 is 24.5 Å². The number of aromatic amines is 2. The Balaban J connectivity index is 1.39. The van der Waals surface area contributed by atoms with E-state index in [-0.39, 0.29) is 23.1 Å². The minimum absolute atomic E-state index is 0.106. The van der Waals surface area contributed by atoms with Gasteiger partial charge in [0.25, 0.3) is 5.69 Å². The molecule has 3 N–H and O–H groups in total. The number of aromatic hydroxyl groups is 1. The molecule has 34 heavy (non-hydrogen) atoms. The Labute approximate surface area is 191 Å². The lowest BCUT2D eigenvalue weighted by Crippen LogP contribution is -2.13. The van der Waals surface area contributed by atoms with Gasteiger partial charge >= 0.3 is 6.16 Å². The van der Waals surface area contributed by atoms with Crippen molar-refractivity contribution in [2.75, 3.05) is 0 Å². The van der Waals surface area contributed by atoms with Crippen molar-refractivity contribution in [1.29, 1.82) is 0 Å². The molecule has 3 aromatic carbocycles. The molecule has 0 unspecified atom stereocenters. The summed E-state index contributed by atoms with van der Waals surface area (Å²) < 4.78 is 10.5. The van der Waals surface area contributed by atoms with Crippen LogP contribution in [-0.2, 0) is 6.42 Å². The molecule has 0 spiro atoms. The van der Waals surface area contributed by atoms with Gasteiger partial charge in [-0.3, -0.25) is 10.1 Å². The highest BCUT2D eigenvalue weighted by molar-refractivity contribution is 6.24. The van der Waals surface area contributed by atoms with Crippen LogP contribution in [0.15, 0.2) is 54.7 Å². The average Bonchev–Trinajstić information content (AvgIpc) is 3.40. The highest BCUT2D eigenvalue weighted by Gasteiger charge is 2.22. The molecular formula is C25H17N3O6. The highest BCUT2D eigenvalue weighted by atomic mass is 16.7. The van der Waals surface area contributed by atoms with E-state index in [1.165, 1.54) is 24.3 Å². The second kappa shape index (κ2) is 7.38. The van der Waals surface area contributed by atoms with E-state index in [9.17, 15) is 20.0 Å². The number of rotatable bonds is 3. The first-order valence-electron chi connectivity index (χ1n) is 10.6. The van der Waals surface area contributed by atoms with E-state index < -0.39 is 11.1 Å².